The van der Waals surface area contributed by atoms with E-state index >= 15 is 0 Å². The number of aryl methyl sites for hydroxylation is 1. The molecule has 1 saturated carbocycles. The van der Waals surface area contributed by atoms with Gasteiger partial charge in [0.15, 0.2) is 28.9 Å². The number of aliphatic carboxylic acids is 1. The number of thiazole rings is 1. The Kier molecular flexibility index (Phi) is 10.2. The first-order valence-corrected chi connectivity index (χ1v) is 16.0. The number of anilines is 1. The van der Waals surface area contributed by atoms with Crippen molar-refractivity contribution in [3.63, 3.8) is 0 Å². The number of nitrogens with one attached hydrogen (secondary N) is 1. The van der Waals surface area contributed by atoms with Gasteiger partial charge in [-0.25, -0.2) is 22.8 Å². The van der Waals surface area contributed by atoms with Crippen LogP contribution in [0.1, 0.15) is 31.4 Å². The molecule has 2 aromatic rings. The predicted octanol–water partition coefficient (Wildman–Crippen LogP) is 0.0320. The summed E-state index contributed by atoms with van der Waals surface area (Å²) in [5.74, 6) is -2.02. The average molecular weight is 657 g/mol. The van der Waals surface area contributed by atoms with Crippen LogP contribution in [0.4, 0.5) is 5.13 Å². The van der Waals surface area contributed by atoms with Crippen molar-refractivity contribution < 1.29 is 51.2 Å². The highest BCUT2D eigenvalue weighted by Crippen LogP contribution is 2.35. The Morgan fingerprint density at radius 2 is 2.00 bits per heavy atom. The number of thioether (sulfide) groups is 1. The van der Waals surface area contributed by atoms with Crippen molar-refractivity contribution in [2.45, 2.75) is 48.8 Å². The van der Waals surface area contributed by atoms with E-state index in [9.17, 15) is 19.5 Å². The van der Waals surface area contributed by atoms with Crippen LogP contribution >= 0.6 is 23.1 Å². The smallest absolute Gasteiger partial charge is 0.356 e. The first-order valence-electron chi connectivity index (χ1n) is 12.8. The lowest BCUT2D eigenvalue weighted by molar-refractivity contribution is -0.671. The van der Waals surface area contributed by atoms with Crippen LogP contribution in [0.25, 0.3) is 0 Å². The van der Waals surface area contributed by atoms with E-state index in [-0.39, 0.29) is 46.5 Å². The van der Waals surface area contributed by atoms with Crippen molar-refractivity contribution in [1.29, 1.82) is 0 Å². The molecule has 2 amide bonds. The van der Waals surface area contributed by atoms with Crippen LogP contribution < -0.4 is 15.6 Å². The van der Waals surface area contributed by atoms with Gasteiger partial charge in [0.25, 0.3) is 11.8 Å². The van der Waals surface area contributed by atoms with Gasteiger partial charge >= 0.3 is 5.97 Å². The fourth-order valence-electron chi connectivity index (χ4n) is 4.53. The lowest BCUT2D eigenvalue weighted by Gasteiger charge is -2.49. The van der Waals surface area contributed by atoms with Crippen molar-refractivity contribution in [1.82, 2.24) is 15.2 Å². The van der Waals surface area contributed by atoms with E-state index in [1.165, 1.54) is 16.7 Å². The first-order chi connectivity index (χ1) is 20.3. The molecule has 19 heteroatoms. The summed E-state index contributed by atoms with van der Waals surface area (Å²) in [7, 11) is -3.02. The van der Waals surface area contributed by atoms with E-state index in [4.69, 9.17) is 32.8 Å². The van der Waals surface area contributed by atoms with E-state index in [0.717, 1.165) is 41.9 Å². The third kappa shape index (κ3) is 8.41. The predicted molar refractivity (Wildman–Crippen MR) is 150 cm³/mol. The molecule has 3 aliphatic rings. The summed E-state index contributed by atoms with van der Waals surface area (Å²) in [6.07, 6.45) is 7.44. The van der Waals surface area contributed by atoms with Gasteiger partial charge in [0.2, 0.25) is 10.4 Å². The molecule has 0 unspecified atom stereocenters. The number of nitrogen functional groups attached to an aromatic ring is 1. The topological polar surface area (TPSA) is 238 Å². The molecule has 0 spiro atoms. The summed E-state index contributed by atoms with van der Waals surface area (Å²) in [5, 5.41) is 18.5. The van der Waals surface area contributed by atoms with Gasteiger partial charge in [-0.2, -0.15) is 0 Å². The molecule has 2 atom stereocenters. The zero-order chi connectivity index (χ0) is 31.3. The van der Waals surface area contributed by atoms with Crippen LogP contribution in [0.5, 0.6) is 0 Å². The third-order valence-electron chi connectivity index (χ3n) is 6.54. The summed E-state index contributed by atoms with van der Waals surface area (Å²) in [4.78, 5) is 50.2. The number of carboxylic acid groups (broad SMARTS) is 1. The van der Waals surface area contributed by atoms with Crippen LogP contribution in [0, 0.1) is 0 Å². The lowest BCUT2D eigenvalue weighted by atomic mass is 9.92. The Morgan fingerprint density at radius 3 is 2.58 bits per heavy atom. The zero-order valence-corrected chi connectivity index (χ0v) is 25.1. The molecule has 2 aromatic heterocycles. The van der Waals surface area contributed by atoms with E-state index < -0.39 is 40.3 Å². The van der Waals surface area contributed by atoms with Gasteiger partial charge in [0.1, 0.15) is 43.3 Å². The van der Waals surface area contributed by atoms with Crippen LogP contribution in [0.2, 0.25) is 0 Å². The molecule has 5 N–H and O–H groups in total. The highest BCUT2D eigenvalue weighted by molar-refractivity contribution is 7.99. The summed E-state index contributed by atoms with van der Waals surface area (Å²) in [6, 6.07) is 2.17. The molecule has 4 heterocycles. The molecule has 1 saturated heterocycles. The SMILES string of the molecule is C[n+]1ccc(SCC2=C(C(=O)O)N3C(=O)[C@@H](NC(=O)/C(=N\OC4CCCC4)c4csc(N)n4)[C@H]3CO2)cc1.O=S(=O)([O-])O. The van der Waals surface area contributed by atoms with Gasteiger partial charge in [-0.05, 0) is 25.7 Å². The number of ether oxygens (including phenoxy) is 1. The Morgan fingerprint density at radius 1 is 1.35 bits per heavy atom. The number of nitrogens with zero attached hydrogens (tertiary/aromatic N) is 4. The number of pyridine rings is 1. The number of hydrogen-bond acceptors (Lipinski definition) is 13. The van der Waals surface area contributed by atoms with E-state index in [1.54, 1.807) is 5.38 Å². The lowest BCUT2D eigenvalue weighted by Crippen LogP contribution is -2.73. The molecule has 232 valence electrons. The van der Waals surface area contributed by atoms with Crippen molar-refractivity contribution >= 4 is 62.1 Å². The standard InChI is InChI=1S/C24H26N6O6S2.H2O4S/c1-29-8-6-14(7-9-29)37-12-17-20(23(33)34)30-16(10-35-17)19(22(30)32)27-21(31)18(15-11-38-24(25)26-15)28-36-13-4-2-3-5-13;1-5(2,3)4/h6-9,11,13,16,19H,2-5,10,12H2,1H3,(H3-,25,26,27,31,33,34);(H2,1,2,3,4)/b28-18-;/t16-,19+;/m1./s1. The number of hydrogen-bond donors (Lipinski definition) is 4. The fourth-order valence-corrected chi connectivity index (χ4v) is 5.91. The summed E-state index contributed by atoms with van der Waals surface area (Å²) >= 11 is 2.56. The van der Waals surface area contributed by atoms with Gasteiger partial charge in [-0.15, -0.1) is 23.1 Å². The van der Waals surface area contributed by atoms with Crippen molar-refractivity contribution in [2.75, 3.05) is 18.1 Å². The zero-order valence-electron chi connectivity index (χ0n) is 22.6. The number of carboxylic acids is 1. The van der Waals surface area contributed by atoms with Crippen molar-refractivity contribution in [3.8, 4) is 0 Å². The number of nitrogens with two attached hydrogens (primary N) is 1. The minimum Gasteiger partial charge on any atom is -0.726 e. The van der Waals surface area contributed by atoms with E-state index in [1.807, 2.05) is 36.1 Å². The number of oxime groups is 1. The maximum atomic E-state index is 13.2. The number of carbonyl (C=O) groups excluding carboxylic acids is 2. The molecule has 1 aliphatic carbocycles. The summed E-state index contributed by atoms with van der Waals surface area (Å²) in [5.41, 5.74) is 5.69. The van der Waals surface area contributed by atoms with Crippen LogP contribution in [-0.2, 0) is 41.4 Å². The molecule has 16 nitrogen and oxygen atoms in total. The second-order valence-corrected chi connectivity index (χ2v) is 12.3. The number of rotatable bonds is 9. The third-order valence-corrected chi connectivity index (χ3v) is 8.22. The van der Waals surface area contributed by atoms with Gasteiger partial charge < -0.3 is 30.3 Å². The average Bonchev–Trinajstić information content (AvgIpc) is 3.62. The normalized spacial score (nSPS) is 20.4. The molecular formula is C24H28N6O10S3. The Balaban J connectivity index is 0.000000782. The second-order valence-electron chi connectivity index (χ2n) is 9.55. The van der Waals surface area contributed by atoms with Crippen LogP contribution in [-0.4, -0.2) is 86.6 Å². The Hall–Kier alpha value is -3.78. The highest BCUT2D eigenvalue weighted by Gasteiger charge is 2.55. The van der Waals surface area contributed by atoms with Crippen molar-refractivity contribution in [3.05, 3.63) is 47.1 Å². The Bertz CT molecular complexity index is 1530. The molecule has 43 heavy (non-hydrogen) atoms. The maximum absolute atomic E-state index is 13.2. The van der Waals surface area contributed by atoms with Crippen LogP contribution in [0.3, 0.4) is 0 Å². The summed E-state index contributed by atoms with van der Waals surface area (Å²) < 4.78 is 40.5. The molecule has 0 bridgehead atoms. The van der Waals surface area contributed by atoms with Crippen molar-refractivity contribution in [2.24, 2.45) is 12.2 Å². The van der Waals surface area contributed by atoms with E-state index in [0.29, 0.717) is 0 Å². The highest BCUT2D eigenvalue weighted by atomic mass is 32.3. The number of carbonyl (C=O) groups is 3. The number of fused-ring (bicyclic) bond motifs is 1. The molecule has 0 radical (unpaired) electrons. The molecule has 2 aliphatic heterocycles. The van der Waals surface area contributed by atoms with Gasteiger partial charge in [0.05, 0.1) is 5.75 Å². The molecule has 5 rings (SSSR count). The molecule has 2 fully saturated rings. The number of β-lactam (4-membered cyclic amide) rings is 1. The monoisotopic (exact) mass is 656 g/mol. The largest absolute Gasteiger partial charge is 0.726 e. The number of aromatic nitrogens is 2. The van der Waals surface area contributed by atoms with E-state index in [2.05, 4.69) is 15.5 Å². The fraction of sp³-hybridized carbons (Fsp3) is 0.417. The minimum absolute atomic E-state index is 0.0435. The maximum Gasteiger partial charge on any atom is 0.356 e. The minimum atomic E-state index is -4.92. The molecular weight excluding hydrogens is 628 g/mol. The Labute approximate surface area is 254 Å². The van der Waals surface area contributed by atoms with Gasteiger partial charge in [0, 0.05) is 22.4 Å². The summed E-state index contributed by atoms with van der Waals surface area (Å²) in [6.45, 7) is 0.0435. The van der Waals surface area contributed by atoms with Gasteiger partial charge in [-0.1, -0.05) is 5.16 Å². The second kappa shape index (κ2) is 13.7. The first kappa shape index (κ1) is 32.1. The molecule has 0 aromatic carbocycles. The number of amides is 2. The van der Waals surface area contributed by atoms with Gasteiger partial charge in [-0.3, -0.25) is 19.0 Å². The quantitative estimate of drug-likeness (QED) is 0.0531. The van der Waals surface area contributed by atoms with Crippen LogP contribution in [0.15, 0.2) is 51.4 Å².